The molecule has 2 aromatic rings. The molecule has 122 valence electrons. The van der Waals surface area contributed by atoms with Crippen molar-refractivity contribution in [3.8, 4) is 0 Å². The smallest absolute Gasteiger partial charge is 0.227 e. The molecule has 2 rings (SSSR count). The van der Waals surface area contributed by atoms with Crippen molar-refractivity contribution < 1.29 is 4.79 Å². The summed E-state index contributed by atoms with van der Waals surface area (Å²) in [4.78, 5) is 12.3. The lowest BCUT2D eigenvalue weighted by Crippen LogP contribution is -2.29. The number of carbonyl (C=O) groups is 1. The summed E-state index contributed by atoms with van der Waals surface area (Å²) >= 11 is 0. The van der Waals surface area contributed by atoms with Crippen LogP contribution in [0, 0.1) is 5.92 Å². The molecule has 0 aliphatic rings. The molecule has 23 heavy (non-hydrogen) atoms. The molecular weight excluding hydrogens is 282 g/mol. The molecule has 2 nitrogen and oxygen atoms in total. The van der Waals surface area contributed by atoms with E-state index in [4.69, 9.17) is 0 Å². The number of hydrogen-bond acceptors (Lipinski definition) is 1. The summed E-state index contributed by atoms with van der Waals surface area (Å²) in [7, 11) is 0. The first-order valence-corrected chi connectivity index (χ1v) is 8.46. The van der Waals surface area contributed by atoms with Gasteiger partial charge >= 0.3 is 0 Å². The molecule has 1 amide bonds. The lowest BCUT2D eigenvalue weighted by atomic mass is 9.96. The van der Waals surface area contributed by atoms with Gasteiger partial charge in [0.2, 0.25) is 5.91 Å². The van der Waals surface area contributed by atoms with E-state index in [0.717, 1.165) is 18.4 Å². The van der Waals surface area contributed by atoms with E-state index >= 15 is 0 Å². The summed E-state index contributed by atoms with van der Waals surface area (Å²) < 4.78 is 0. The molecule has 1 N–H and O–H groups in total. The van der Waals surface area contributed by atoms with Crippen LogP contribution in [0.15, 0.2) is 54.6 Å². The highest BCUT2D eigenvalue weighted by Crippen LogP contribution is 2.17. The van der Waals surface area contributed by atoms with Crippen molar-refractivity contribution in [3.63, 3.8) is 0 Å². The van der Waals surface area contributed by atoms with Gasteiger partial charge in [-0.25, -0.2) is 0 Å². The van der Waals surface area contributed by atoms with Gasteiger partial charge in [0.05, 0.1) is 5.92 Å². The van der Waals surface area contributed by atoms with Gasteiger partial charge in [-0.2, -0.15) is 0 Å². The molecule has 0 radical (unpaired) electrons. The van der Waals surface area contributed by atoms with Crippen LogP contribution in [0.3, 0.4) is 0 Å². The van der Waals surface area contributed by atoms with Gasteiger partial charge in [0, 0.05) is 6.54 Å². The Morgan fingerprint density at radius 2 is 1.57 bits per heavy atom. The Kier molecular flexibility index (Phi) is 6.40. The summed E-state index contributed by atoms with van der Waals surface area (Å²) in [5, 5.41) is 3.04. The average molecular weight is 309 g/mol. The minimum atomic E-state index is -0.112. The third kappa shape index (κ3) is 5.55. The van der Waals surface area contributed by atoms with Crippen molar-refractivity contribution in [2.45, 2.75) is 39.5 Å². The largest absolute Gasteiger partial charge is 0.355 e. The van der Waals surface area contributed by atoms with Crippen molar-refractivity contribution in [2.75, 3.05) is 6.54 Å². The molecule has 0 fully saturated rings. The van der Waals surface area contributed by atoms with Crippen LogP contribution >= 0.6 is 0 Å². The van der Waals surface area contributed by atoms with Crippen LogP contribution < -0.4 is 5.32 Å². The van der Waals surface area contributed by atoms with E-state index in [2.05, 4.69) is 55.6 Å². The minimum Gasteiger partial charge on any atom is -0.355 e. The molecule has 2 aromatic carbocycles. The third-order valence-corrected chi connectivity index (χ3v) is 4.07. The standard InChI is InChI=1S/C21H27NO/c1-16(2)15-19-9-11-20(12-10-19)17(3)21(23)22-14-13-18-7-5-4-6-8-18/h4-12,16-17H,13-15H2,1-3H3,(H,22,23)/t17-/m1/s1. The van der Waals surface area contributed by atoms with Crippen molar-refractivity contribution in [1.82, 2.24) is 5.32 Å². The lowest BCUT2D eigenvalue weighted by Gasteiger charge is -2.14. The van der Waals surface area contributed by atoms with E-state index in [-0.39, 0.29) is 11.8 Å². The van der Waals surface area contributed by atoms with Gasteiger partial charge in [0.15, 0.2) is 0 Å². The molecule has 0 aliphatic carbocycles. The van der Waals surface area contributed by atoms with E-state index in [1.807, 2.05) is 25.1 Å². The van der Waals surface area contributed by atoms with Gasteiger partial charge in [-0.15, -0.1) is 0 Å². The second-order valence-electron chi connectivity index (χ2n) is 6.59. The highest BCUT2D eigenvalue weighted by Gasteiger charge is 2.14. The molecule has 0 aliphatic heterocycles. The predicted molar refractivity (Wildman–Crippen MR) is 96.6 cm³/mol. The maximum Gasteiger partial charge on any atom is 0.227 e. The highest BCUT2D eigenvalue weighted by molar-refractivity contribution is 5.83. The van der Waals surface area contributed by atoms with E-state index in [9.17, 15) is 4.79 Å². The molecule has 0 spiro atoms. The zero-order valence-corrected chi connectivity index (χ0v) is 14.4. The Bertz CT molecular complexity index is 601. The fourth-order valence-corrected chi connectivity index (χ4v) is 2.69. The summed E-state index contributed by atoms with van der Waals surface area (Å²) in [5.41, 5.74) is 3.66. The Labute approximate surface area is 139 Å². The summed E-state index contributed by atoms with van der Waals surface area (Å²) in [6, 6.07) is 18.7. The Balaban J connectivity index is 1.84. The zero-order valence-electron chi connectivity index (χ0n) is 14.4. The van der Waals surface area contributed by atoms with Gasteiger partial charge in [0.25, 0.3) is 0 Å². The van der Waals surface area contributed by atoms with E-state index in [1.165, 1.54) is 11.1 Å². The van der Waals surface area contributed by atoms with E-state index in [1.54, 1.807) is 0 Å². The van der Waals surface area contributed by atoms with Crippen molar-refractivity contribution in [3.05, 3.63) is 71.3 Å². The van der Waals surface area contributed by atoms with Crippen LogP contribution in [0.1, 0.15) is 43.4 Å². The summed E-state index contributed by atoms with van der Waals surface area (Å²) in [5.74, 6) is 0.635. The quantitative estimate of drug-likeness (QED) is 0.809. The maximum atomic E-state index is 12.3. The van der Waals surface area contributed by atoms with E-state index in [0.29, 0.717) is 12.5 Å². The first-order valence-electron chi connectivity index (χ1n) is 8.46. The number of hydrogen-bond donors (Lipinski definition) is 1. The van der Waals surface area contributed by atoms with Gasteiger partial charge in [0.1, 0.15) is 0 Å². The molecular formula is C21H27NO. The molecule has 1 atom stereocenters. The number of amides is 1. The number of benzene rings is 2. The van der Waals surface area contributed by atoms with Crippen LogP contribution in [0.25, 0.3) is 0 Å². The number of nitrogens with one attached hydrogen (secondary N) is 1. The minimum absolute atomic E-state index is 0.0949. The SMILES string of the molecule is CC(C)Cc1ccc([C@@H](C)C(=O)NCCc2ccccc2)cc1. The fraction of sp³-hybridized carbons (Fsp3) is 0.381. The van der Waals surface area contributed by atoms with Crippen molar-refractivity contribution in [2.24, 2.45) is 5.92 Å². The van der Waals surface area contributed by atoms with Crippen LogP contribution in [0.4, 0.5) is 0 Å². The normalized spacial score (nSPS) is 12.2. The van der Waals surface area contributed by atoms with Gasteiger partial charge in [-0.05, 0) is 42.4 Å². The molecule has 0 unspecified atom stereocenters. The zero-order chi connectivity index (χ0) is 16.7. The van der Waals surface area contributed by atoms with Gasteiger partial charge in [-0.1, -0.05) is 68.4 Å². The highest BCUT2D eigenvalue weighted by atomic mass is 16.1. The van der Waals surface area contributed by atoms with E-state index < -0.39 is 0 Å². The Hall–Kier alpha value is -2.09. The molecule has 0 bridgehead atoms. The monoisotopic (exact) mass is 309 g/mol. The van der Waals surface area contributed by atoms with Gasteiger partial charge < -0.3 is 5.32 Å². The average Bonchev–Trinajstić information content (AvgIpc) is 2.55. The predicted octanol–water partition coefficient (Wildman–Crippen LogP) is 4.35. The van der Waals surface area contributed by atoms with Crippen LogP contribution in [0.5, 0.6) is 0 Å². The lowest BCUT2D eigenvalue weighted by molar-refractivity contribution is -0.122. The summed E-state index contributed by atoms with van der Waals surface area (Å²) in [6.07, 6.45) is 1.95. The maximum absolute atomic E-state index is 12.3. The molecule has 0 aromatic heterocycles. The fourth-order valence-electron chi connectivity index (χ4n) is 2.69. The van der Waals surface area contributed by atoms with Gasteiger partial charge in [-0.3, -0.25) is 4.79 Å². The number of rotatable bonds is 7. The van der Waals surface area contributed by atoms with Crippen LogP contribution in [-0.4, -0.2) is 12.5 Å². The van der Waals surface area contributed by atoms with Crippen molar-refractivity contribution in [1.29, 1.82) is 0 Å². The molecule has 0 saturated carbocycles. The second kappa shape index (κ2) is 8.52. The summed E-state index contributed by atoms with van der Waals surface area (Å²) in [6.45, 7) is 7.08. The second-order valence-corrected chi connectivity index (χ2v) is 6.59. The molecule has 0 saturated heterocycles. The van der Waals surface area contributed by atoms with Crippen LogP contribution in [-0.2, 0) is 17.6 Å². The Morgan fingerprint density at radius 1 is 0.913 bits per heavy atom. The Morgan fingerprint density at radius 3 is 2.17 bits per heavy atom. The van der Waals surface area contributed by atoms with Crippen molar-refractivity contribution >= 4 is 5.91 Å². The number of carbonyl (C=O) groups excluding carboxylic acids is 1. The van der Waals surface area contributed by atoms with Crippen LogP contribution in [0.2, 0.25) is 0 Å². The topological polar surface area (TPSA) is 29.1 Å². The third-order valence-electron chi connectivity index (χ3n) is 4.07. The molecule has 0 heterocycles. The molecule has 2 heteroatoms. The first kappa shape index (κ1) is 17.3. The first-order chi connectivity index (χ1) is 11.1.